The Balaban J connectivity index is 1.35. The molecule has 0 saturated carbocycles. The number of halogens is 6. The van der Waals surface area contributed by atoms with Gasteiger partial charge in [-0.3, -0.25) is 4.90 Å². The molecule has 6 nitrogen and oxygen atoms in total. The molecule has 0 aromatic heterocycles. The molecule has 0 atom stereocenters. The zero-order valence-electron chi connectivity index (χ0n) is 20.5. The van der Waals surface area contributed by atoms with Gasteiger partial charge in [-0.05, 0) is 37.1 Å². The van der Waals surface area contributed by atoms with Gasteiger partial charge in [0.15, 0.2) is 0 Å². The van der Waals surface area contributed by atoms with Crippen LogP contribution >= 0.6 is 0 Å². The van der Waals surface area contributed by atoms with Crippen molar-refractivity contribution < 1.29 is 35.9 Å². The molecule has 1 spiro atoms. The summed E-state index contributed by atoms with van der Waals surface area (Å²) >= 11 is 0. The number of hydrogen-bond donors (Lipinski definition) is 0. The minimum atomic E-state index is -5.72. The first-order chi connectivity index (χ1) is 16.8. The average molecular weight is 523 g/mol. The first-order valence-corrected chi connectivity index (χ1v) is 12.2. The summed E-state index contributed by atoms with van der Waals surface area (Å²) in [6.45, 7) is 10.7. The SMILES string of the molecule is CCN1CC2(CCN(c3cc(C)ccc3CN3CCN(C(=O)OC(C(F)(F)F)C(F)(F)F)CC3)C2)C1. The Morgan fingerprint density at radius 2 is 1.61 bits per heavy atom. The van der Waals surface area contributed by atoms with Gasteiger partial charge in [-0.25, -0.2) is 4.79 Å². The van der Waals surface area contributed by atoms with Crippen LogP contribution < -0.4 is 4.90 Å². The monoisotopic (exact) mass is 522 g/mol. The number of hydrogen-bond acceptors (Lipinski definition) is 5. The summed E-state index contributed by atoms with van der Waals surface area (Å²) in [6.07, 6.45) is -16.0. The lowest BCUT2D eigenvalue weighted by Crippen LogP contribution is -2.57. The molecule has 1 amide bonds. The number of likely N-dealkylation sites (tertiary alicyclic amines) is 1. The van der Waals surface area contributed by atoms with E-state index in [1.54, 1.807) is 0 Å². The first kappa shape index (κ1) is 26.8. The van der Waals surface area contributed by atoms with E-state index in [1.165, 1.54) is 5.69 Å². The van der Waals surface area contributed by atoms with Crippen LogP contribution in [0.25, 0.3) is 0 Å². The van der Waals surface area contributed by atoms with Crippen LogP contribution in [0.4, 0.5) is 36.8 Å². The summed E-state index contributed by atoms with van der Waals surface area (Å²) in [4.78, 5) is 19.9. The molecule has 202 valence electrons. The van der Waals surface area contributed by atoms with Crippen molar-refractivity contribution in [2.24, 2.45) is 5.41 Å². The van der Waals surface area contributed by atoms with Crippen molar-refractivity contribution in [2.45, 2.75) is 45.3 Å². The van der Waals surface area contributed by atoms with Crippen molar-refractivity contribution in [3.8, 4) is 0 Å². The van der Waals surface area contributed by atoms with Crippen molar-refractivity contribution in [3.63, 3.8) is 0 Å². The highest BCUT2D eigenvalue weighted by molar-refractivity contribution is 5.68. The largest absolute Gasteiger partial charge is 0.434 e. The number of anilines is 1. The molecule has 1 aromatic carbocycles. The fraction of sp³-hybridized carbons (Fsp3) is 0.708. The molecule has 0 radical (unpaired) electrons. The maximum Gasteiger partial charge on any atom is 0.434 e. The Morgan fingerprint density at radius 3 is 2.19 bits per heavy atom. The molecule has 36 heavy (non-hydrogen) atoms. The van der Waals surface area contributed by atoms with Crippen molar-refractivity contribution >= 4 is 11.8 Å². The van der Waals surface area contributed by atoms with Crippen LogP contribution in [0.1, 0.15) is 24.5 Å². The lowest BCUT2D eigenvalue weighted by atomic mass is 9.79. The number of amides is 1. The summed E-state index contributed by atoms with van der Waals surface area (Å²) in [5.74, 6) is 0. The fourth-order valence-electron chi connectivity index (χ4n) is 5.45. The zero-order chi connectivity index (χ0) is 26.3. The molecule has 3 fully saturated rings. The normalized spacial score (nSPS) is 21.4. The summed E-state index contributed by atoms with van der Waals surface area (Å²) in [7, 11) is 0. The number of rotatable bonds is 5. The maximum absolute atomic E-state index is 12.7. The molecule has 0 aliphatic carbocycles. The number of benzene rings is 1. The van der Waals surface area contributed by atoms with Crippen molar-refractivity contribution in [1.29, 1.82) is 0 Å². The highest BCUT2D eigenvalue weighted by Gasteiger charge is 2.60. The maximum atomic E-state index is 12.7. The zero-order valence-corrected chi connectivity index (χ0v) is 20.5. The highest BCUT2D eigenvalue weighted by Crippen LogP contribution is 2.42. The number of nitrogens with zero attached hydrogens (tertiary/aromatic N) is 4. The van der Waals surface area contributed by atoms with Crippen molar-refractivity contribution in [1.82, 2.24) is 14.7 Å². The van der Waals surface area contributed by atoms with Gasteiger partial charge >= 0.3 is 18.4 Å². The van der Waals surface area contributed by atoms with Crippen LogP contribution in [0.5, 0.6) is 0 Å². The predicted molar refractivity (Wildman–Crippen MR) is 122 cm³/mol. The molecular weight excluding hydrogens is 490 g/mol. The van der Waals surface area contributed by atoms with E-state index in [9.17, 15) is 31.1 Å². The summed E-state index contributed by atoms with van der Waals surface area (Å²) in [5, 5.41) is 0. The Bertz CT molecular complexity index is 926. The molecule has 3 aliphatic heterocycles. The Labute approximate surface area is 206 Å². The number of piperazine rings is 1. The van der Waals surface area contributed by atoms with Gasteiger partial charge < -0.3 is 19.4 Å². The van der Waals surface area contributed by atoms with Gasteiger partial charge in [0.25, 0.3) is 6.10 Å². The second-order valence-corrected chi connectivity index (χ2v) is 10.2. The van der Waals surface area contributed by atoms with E-state index in [0.717, 1.165) is 55.2 Å². The van der Waals surface area contributed by atoms with E-state index in [2.05, 4.69) is 38.5 Å². The van der Waals surface area contributed by atoms with Crippen LogP contribution in [0.3, 0.4) is 0 Å². The van der Waals surface area contributed by atoms with Gasteiger partial charge in [0, 0.05) is 70.0 Å². The smallest absolute Gasteiger partial charge is 0.426 e. The van der Waals surface area contributed by atoms with Gasteiger partial charge in [-0.1, -0.05) is 19.1 Å². The Kier molecular flexibility index (Phi) is 7.40. The van der Waals surface area contributed by atoms with E-state index < -0.39 is 24.5 Å². The standard InChI is InChI=1S/C24H32F6N4O2/c1-3-31-14-22(15-31)6-7-34(16-22)19-12-17(2)4-5-18(19)13-32-8-10-33(11-9-32)21(35)36-20(23(25,26)27)24(28,29)30/h4-5,12,20H,3,6-11,13-16H2,1-2H3. The minimum Gasteiger partial charge on any atom is -0.426 e. The summed E-state index contributed by atoms with van der Waals surface area (Å²) in [6, 6.07) is 6.29. The predicted octanol–water partition coefficient (Wildman–Crippen LogP) is 4.27. The van der Waals surface area contributed by atoms with Gasteiger partial charge in [0.2, 0.25) is 0 Å². The molecule has 1 aromatic rings. The molecule has 3 aliphatic rings. The van der Waals surface area contributed by atoms with Gasteiger partial charge in [0.1, 0.15) is 0 Å². The van der Waals surface area contributed by atoms with Crippen LogP contribution in [-0.2, 0) is 11.3 Å². The highest BCUT2D eigenvalue weighted by atomic mass is 19.4. The summed E-state index contributed by atoms with van der Waals surface area (Å²) < 4.78 is 80.2. The fourth-order valence-corrected chi connectivity index (χ4v) is 5.45. The third kappa shape index (κ3) is 5.85. The average Bonchev–Trinajstić information content (AvgIpc) is 3.22. The lowest BCUT2D eigenvalue weighted by molar-refractivity contribution is -0.308. The third-order valence-corrected chi connectivity index (χ3v) is 7.42. The van der Waals surface area contributed by atoms with Gasteiger partial charge in [-0.15, -0.1) is 0 Å². The molecule has 0 unspecified atom stereocenters. The van der Waals surface area contributed by atoms with E-state index in [-0.39, 0.29) is 13.1 Å². The van der Waals surface area contributed by atoms with Crippen LogP contribution in [0.15, 0.2) is 18.2 Å². The molecular formula is C24H32F6N4O2. The number of ether oxygens (including phenoxy) is 1. The summed E-state index contributed by atoms with van der Waals surface area (Å²) in [5.41, 5.74) is 3.78. The van der Waals surface area contributed by atoms with E-state index in [0.29, 0.717) is 25.0 Å². The number of alkyl halides is 6. The molecule has 0 bridgehead atoms. The molecule has 3 saturated heterocycles. The van der Waals surface area contributed by atoms with Crippen molar-refractivity contribution in [2.75, 3.05) is 63.8 Å². The molecule has 4 rings (SSSR count). The van der Waals surface area contributed by atoms with E-state index >= 15 is 0 Å². The van der Waals surface area contributed by atoms with Gasteiger partial charge in [-0.2, -0.15) is 26.3 Å². The minimum absolute atomic E-state index is 0.0118. The molecule has 12 heteroatoms. The lowest BCUT2D eigenvalue weighted by Gasteiger charge is -2.48. The van der Waals surface area contributed by atoms with Crippen molar-refractivity contribution in [3.05, 3.63) is 29.3 Å². The molecule has 3 heterocycles. The topological polar surface area (TPSA) is 39.3 Å². The quantitative estimate of drug-likeness (QED) is 0.541. The van der Waals surface area contributed by atoms with Gasteiger partial charge in [0.05, 0.1) is 0 Å². The van der Waals surface area contributed by atoms with E-state index in [1.807, 2.05) is 13.0 Å². The second kappa shape index (κ2) is 9.92. The third-order valence-electron chi connectivity index (χ3n) is 7.42. The second-order valence-electron chi connectivity index (χ2n) is 10.2. The van der Waals surface area contributed by atoms with Crippen LogP contribution in [0, 0.1) is 12.3 Å². The van der Waals surface area contributed by atoms with Crippen LogP contribution in [0.2, 0.25) is 0 Å². The number of aryl methyl sites for hydroxylation is 1. The number of carbonyl (C=O) groups excluding carboxylic acids is 1. The molecule has 0 N–H and O–H groups in total. The number of carbonyl (C=O) groups is 1. The van der Waals surface area contributed by atoms with E-state index in [4.69, 9.17) is 0 Å². The van der Waals surface area contributed by atoms with Crippen LogP contribution in [-0.4, -0.2) is 98.2 Å². The Hall–Kier alpha value is -2.21. The Morgan fingerprint density at radius 1 is 0.972 bits per heavy atom. The first-order valence-electron chi connectivity index (χ1n) is 12.2.